The lowest BCUT2D eigenvalue weighted by Gasteiger charge is -2.31. The topological polar surface area (TPSA) is 57.6 Å². The summed E-state index contributed by atoms with van der Waals surface area (Å²) in [5.41, 5.74) is 0.449. The van der Waals surface area contributed by atoms with E-state index in [9.17, 15) is 14.7 Å². The highest BCUT2D eigenvalue weighted by atomic mass is 79.9. The van der Waals surface area contributed by atoms with Crippen LogP contribution in [0.5, 0.6) is 5.75 Å². The number of ketones is 1. The molecule has 1 N–H and O–H groups in total. The van der Waals surface area contributed by atoms with E-state index in [0.717, 1.165) is 6.42 Å². The Hall–Kier alpha value is -1.36. The third kappa shape index (κ3) is 2.97. The molecule has 1 atom stereocenters. The van der Waals surface area contributed by atoms with Gasteiger partial charge in [-0.15, -0.1) is 0 Å². The van der Waals surface area contributed by atoms with Crippen molar-refractivity contribution in [1.82, 2.24) is 4.90 Å². The van der Waals surface area contributed by atoms with E-state index in [-0.39, 0.29) is 23.4 Å². The smallest absolute Gasteiger partial charge is 0.254 e. The van der Waals surface area contributed by atoms with E-state index < -0.39 is 0 Å². The first-order chi connectivity index (χ1) is 9.02. The Labute approximate surface area is 120 Å². The van der Waals surface area contributed by atoms with Gasteiger partial charge in [-0.05, 0) is 40.5 Å². The van der Waals surface area contributed by atoms with Crippen molar-refractivity contribution in [1.29, 1.82) is 0 Å². The molecule has 4 nitrogen and oxygen atoms in total. The van der Waals surface area contributed by atoms with Gasteiger partial charge in [0.25, 0.3) is 5.91 Å². The second-order valence-electron chi connectivity index (χ2n) is 4.74. The Morgan fingerprint density at radius 2 is 2.26 bits per heavy atom. The van der Waals surface area contributed by atoms with Crippen LogP contribution >= 0.6 is 15.9 Å². The van der Waals surface area contributed by atoms with Gasteiger partial charge in [0.1, 0.15) is 11.5 Å². The molecule has 0 aliphatic carbocycles. The van der Waals surface area contributed by atoms with Crippen molar-refractivity contribution in [3.63, 3.8) is 0 Å². The van der Waals surface area contributed by atoms with Crippen LogP contribution in [0.15, 0.2) is 22.7 Å². The van der Waals surface area contributed by atoms with Gasteiger partial charge in [0.05, 0.1) is 4.47 Å². The summed E-state index contributed by atoms with van der Waals surface area (Å²) >= 11 is 3.18. The number of carbonyl (C=O) groups is 2. The van der Waals surface area contributed by atoms with Gasteiger partial charge in [0, 0.05) is 31.0 Å². The number of hydrogen-bond acceptors (Lipinski definition) is 3. The molecule has 1 amide bonds. The first-order valence-corrected chi connectivity index (χ1v) is 7.12. The lowest BCUT2D eigenvalue weighted by molar-refractivity contribution is -0.125. The maximum absolute atomic E-state index is 12.3. The highest BCUT2D eigenvalue weighted by molar-refractivity contribution is 9.10. The Kier molecular flexibility index (Phi) is 4.24. The predicted octanol–water partition coefficient (Wildman–Crippen LogP) is 2.60. The number of nitrogens with zero attached hydrogens (tertiary/aromatic N) is 1. The monoisotopic (exact) mass is 325 g/mol. The zero-order valence-corrected chi connectivity index (χ0v) is 12.3. The molecule has 5 heteroatoms. The quantitative estimate of drug-likeness (QED) is 0.909. The lowest BCUT2D eigenvalue weighted by atomic mass is 9.93. The van der Waals surface area contributed by atoms with E-state index in [2.05, 4.69) is 15.9 Å². The second-order valence-corrected chi connectivity index (χ2v) is 5.59. The van der Waals surface area contributed by atoms with Crippen molar-refractivity contribution in [2.75, 3.05) is 13.1 Å². The minimum atomic E-state index is -0.131. The van der Waals surface area contributed by atoms with E-state index in [0.29, 0.717) is 29.5 Å². The van der Waals surface area contributed by atoms with Gasteiger partial charge in [-0.25, -0.2) is 0 Å². The minimum Gasteiger partial charge on any atom is -0.507 e. The number of phenolic OH excluding ortho intramolecular Hbond substituents is 1. The molecule has 0 radical (unpaired) electrons. The van der Waals surface area contributed by atoms with Gasteiger partial charge in [-0.2, -0.15) is 0 Å². The number of halogens is 1. The average Bonchev–Trinajstić information content (AvgIpc) is 2.41. The second kappa shape index (κ2) is 5.74. The largest absolute Gasteiger partial charge is 0.507 e. The standard InChI is InChI=1S/C14H16BrNO3/c1-2-9-8-16(6-5-12(9)17)14(19)10-3-4-11(15)13(18)7-10/h3-4,7,9,18H,2,5-6,8H2,1H3. The van der Waals surface area contributed by atoms with Crippen molar-refractivity contribution in [2.45, 2.75) is 19.8 Å². The van der Waals surface area contributed by atoms with Crippen LogP contribution in [0.4, 0.5) is 0 Å². The van der Waals surface area contributed by atoms with Crippen LogP contribution in [0.25, 0.3) is 0 Å². The van der Waals surface area contributed by atoms with Gasteiger partial charge < -0.3 is 10.0 Å². The molecule has 0 saturated carbocycles. The Bertz CT molecular complexity index is 515. The number of piperidine rings is 1. The molecule has 1 aromatic carbocycles. The van der Waals surface area contributed by atoms with Gasteiger partial charge in [-0.1, -0.05) is 6.92 Å². The fourth-order valence-electron chi connectivity index (χ4n) is 2.28. The summed E-state index contributed by atoms with van der Waals surface area (Å²) in [5.74, 6) is 0.103. The molecular weight excluding hydrogens is 310 g/mol. The van der Waals surface area contributed by atoms with Gasteiger partial charge in [0.15, 0.2) is 0 Å². The van der Waals surface area contributed by atoms with Crippen molar-refractivity contribution in [2.24, 2.45) is 5.92 Å². The lowest BCUT2D eigenvalue weighted by Crippen LogP contribution is -2.43. The summed E-state index contributed by atoms with van der Waals surface area (Å²) in [6, 6.07) is 4.77. The molecule has 1 heterocycles. The molecule has 0 spiro atoms. The SMILES string of the molecule is CCC1CN(C(=O)c2ccc(Br)c(O)c2)CCC1=O. The number of phenols is 1. The number of rotatable bonds is 2. The molecule has 102 valence electrons. The van der Waals surface area contributed by atoms with E-state index in [1.54, 1.807) is 17.0 Å². The van der Waals surface area contributed by atoms with Crippen LogP contribution < -0.4 is 0 Å². The number of benzene rings is 1. The van der Waals surface area contributed by atoms with Crippen molar-refractivity contribution < 1.29 is 14.7 Å². The third-order valence-corrected chi connectivity index (χ3v) is 4.17. The number of hydrogen-bond donors (Lipinski definition) is 1. The summed E-state index contributed by atoms with van der Waals surface area (Å²) in [7, 11) is 0. The summed E-state index contributed by atoms with van der Waals surface area (Å²) in [6.07, 6.45) is 1.18. The van der Waals surface area contributed by atoms with Gasteiger partial charge >= 0.3 is 0 Å². The molecule has 1 fully saturated rings. The zero-order chi connectivity index (χ0) is 14.0. The molecule has 0 aromatic heterocycles. The maximum atomic E-state index is 12.3. The van der Waals surface area contributed by atoms with E-state index in [1.807, 2.05) is 6.92 Å². The molecule has 19 heavy (non-hydrogen) atoms. The normalized spacial score (nSPS) is 19.6. The molecule has 1 saturated heterocycles. The number of aromatic hydroxyl groups is 1. The Morgan fingerprint density at radius 3 is 2.89 bits per heavy atom. The number of carbonyl (C=O) groups excluding carboxylic acids is 2. The fourth-order valence-corrected chi connectivity index (χ4v) is 2.52. The van der Waals surface area contributed by atoms with Crippen LogP contribution in [0.3, 0.4) is 0 Å². The van der Waals surface area contributed by atoms with Crippen LogP contribution in [-0.4, -0.2) is 34.8 Å². The van der Waals surface area contributed by atoms with Crippen molar-refractivity contribution in [3.05, 3.63) is 28.2 Å². The van der Waals surface area contributed by atoms with E-state index >= 15 is 0 Å². The average molecular weight is 326 g/mol. The number of amides is 1. The van der Waals surface area contributed by atoms with Crippen LogP contribution in [0, 0.1) is 5.92 Å². The van der Waals surface area contributed by atoms with Crippen molar-refractivity contribution >= 4 is 27.6 Å². The first kappa shape index (κ1) is 14.1. The first-order valence-electron chi connectivity index (χ1n) is 6.33. The molecule has 2 rings (SSSR count). The molecule has 1 aromatic rings. The van der Waals surface area contributed by atoms with Crippen LogP contribution in [0.2, 0.25) is 0 Å². The molecular formula is C14H16BrNO3. The summed E-state index contributed by atoms with van der Waals surface area (Å²) in [5, 5.41) is 9.62. The number of Topliss-reactive ketones (excluding diaryl/α,β-unsaturated/α-hetero) is 1. The maximum Gasteiger partial charge on any atom is 0.254 e. The van der Waals surface area contributed by atoms with E-state index in [4.69, 9.17) is 0 Å². The van der Waals surface area contributed by atoms with Crippen molar-refractivity contribution in [3.8, 4) is 5.75 Å². The summed E-state index contributed by atoms with van der Waals surface area (Å²) in [6.45, 7) is 2.90. The van der Waals surface area contributed by atoms with Crippen LogP contribution in [0.1, 0.15) is 30.1 Å². The van der Waals surface area contributed by atoms with Gasteiger partial charge in [0.2, 0.25) is 0 Å². The molecule has 1 unspecified atom stereocenters. The predicted molar refractivity (Wildman–Crippen MR) is 75.1 cm³/mol. The Morgan fingerprint density at radius 1 is 1.53 bits per heavy atom. The molecule has 1 aliphatic rings. The summed E-state index contributed by atoms with van der Waals surface area (Å²) in [4.78, 5) is 25.7. The van der Waals surface area contributed by atoms with Gasteiger partial charge in [-0.3, -0.25) is 9.59 Å². The van der Waals surface area contributed by atoms with Crippen LogP contribution in [-0.2, 0) is 4.79 Å². The summed E-state index contributed by atoms with van der Waals surface area (Å²) < 4.78 is 0.560. The highest BCUT2D eigenvalue weighted by Crippen LogP contribution is 2.26. The fraction of sp³-hybridized carbons (Fsp3) is 0.429. The zero-order valence-electron chi connectivity index (χ0n) is 10.7. The molecule has 0 bridgehead atoms. The number of likely N-dealkylation sites (tertiary alicyclic amines) is 1. The highest BCUT2D eigenvalue weighted by Gasteiger charge is 2.29. The van der Waals surface area contributed by atoms with E-state index in [1.165, 1.54) is 6.07 Å². The Balaban J connectivity index is 2.15. The third-order valence-electron chi connectivity index (χ3n) is 3.50. The molecule has 1 aliphatic heterocycles. The minimum absolute atomic E-state index is 0.0472.